The van der Waals surface area contributed by atoms with Crippen LogP contribution < -0.4 is 0 Å². The van der Waals surface area contributed by atoms with Crippen LogP contribution >= 0.6 is 0 Å². The van der Waals surface area contributed by atoms with Crippen LogP contribution in [0.5, 0.6) is 0 Å². The summed E-state index contributed by atoms with van der Waals surface area (Å²) < 4.78 is 78.1. The first-order chi connectivity index (χ1) is 42.0. The van der Waals surface area contributed by atoms with Gasteiger partial charge in [0.2, 0.25) is 0 Å². The highest BCUT2D eigenvalue weighted by molar-refractivity contribution is 6.22. The summed E-state index contributed by atoms with van der Waals surface area (Å²) in [6, 6.07) is 21.6. The van der Waals surface area contributed by atoms with E-state index in [1.165, 1.54) is 97.1 Å². The normalized spacial score (nSPS) is 28.1. The van der Waals surface area contributed by atoms with E-state index in [9.17, 15) is 62.6 Å². The van der Waals surface area contributed by atoms with E-state index in [1.807, 2.05) is 0 Å². The Morgan fingerprint density at radius 2 is 0.716 bits per heavy atom. The Hall–Kier alpha value is -9.32. The molecule has 0 unspecified atom stereocenters. The zero-order chi connectivity index (χ0) is 63.2. The minimum Gasteiger partial charge on any atom is -0.463 e. The van der Waals surface area contributed by atoms with Crippen molar-refractivity contribution in [1.82, 2.24) is 9.80 Å². The maximum Gasteiger partial charge on any atom is 0.338 e. The highest BCUT2D eigenvalue weighted by Crippen LogP contribution is 2.41. The number of hydrogen-bond acceptors (Lipinski definition) is 26. The summed E-state index contributed by atoms with van der Waals surface area (Å²) in [4.78, 5) is 165. The lowest BCUT2D eigenvalue weighted by molar-refractivity contribution is -0.351. The minimum absolute atomic E-state index is 0.110. The van der Waals surface area contributed by atoms with Crippen molar-refractivity contribution in [3.63, 3.8) is 0 Å². The molecular weight excluding hydrogens is 1160 g/mol. The van der Waals surface area contributed by atoms with Crippen LogP contribution in [0.15, 0.2) is 109 Å². The van der Waals surface area contributed by atoms with Crippen LogP contribution in [0.25, 0.3) is 0 Å². The molecule has 4 aromatic rings. The van der Waals surface area contributed by atoms with Gasteiger partial charge in [0.25, 0.3) is 23.6 Å². The SMILES string of the molecule is CC(=O)OC[C@H]1O[C@@H](OC[C@H]2O[C@@H](O)[C@H](OC(=O)c3ccccc3)[C@@H](O[C@@H]3O[C@H](COC(C)=O)[C@@H](OC(C)=O)[C@H](OC(C)=O)[C@H]3N3C(=O)c4ccccc4C3=O)[C@H]2OC(=O)c2ccccc2)[C@H](N2C(=O)c3ccccc3C2=O)[C@@H](OC(C)=O)[C@@H]1OC(C)=O. The highest BCUT2D eigenvalue weighted by atomic mass is 16.8. The Bertz CT molecular complexity index is 3310. The third-order valence-electron chi connectivity index (χ3n) is 14.4. The van der Waals surface area contributed by atoms with Crippen LogP contribution in [0, 0.1) is 0 Å². The van der Waals surface area contributed by atoms with Crippen LogP contribution in [0.3, 0.4) is 0 Å². The van der Waals surface area contributed by atoms with Crippen LogP contribution in [-0.2, 0) is 90.3 Å². The molecule has 88 heavy (non-hydrogen) atoms. The van der Waals surface area contributed by atoms with Crippen molar-refractivity contribution < 1.29 is 124 Å². The van der Waals surface area contributed by atoms with Gasteiger partial charge >= 0.3 is 47.8 Å². The van der Waals surface area contributed by atoms with E-state index in [0.717, 1.165) is 41.5 Å². The molecule has 28 heteroatoms. The predicted molar refractivity (Wildman–Crippen MR) is 287 cm³/mol. The number of fused-ring (bicyclic) bond motifs is 2. The van der Waals surface area contributed by atoms with Gasteiger partial charge in [-0.15, -0.1) is 0 Å². The quantitative estimate of drug-likeness (QED) is 0.0798. The number of aliphatic hydroxyl groups excluding tert-OH is 1. The second kappa shape index (κ2) is 27.2. The third-order valence-corrected chi connectivity index (χ3v) is 14.4. The Morgan fingerprint density at radius 1 is 0.386 bits per heavy atom. The van der Waals surface area contributed by atoms with Crippen molar-refractivity contribution in [2.75, 3.05) is 19.8 Å². The Kier molecular flexibility index (Phi) is 19.5. The maximum atomic E-state index is 14.7. The first-order valence-electron chi connectivity index (χ1n) is 27.4. The van der Waals surface area contributed by atoms with Gasteiger partial charge in [0.05, 0.1) is 40.0 Å². The molecule has 0 spiro atoms. The number of aliphatic hydroxyl groups is 1. The molecule has 5 heterocycles. The first kappa shape index (κ1) is 63.2. The molecule has 0 bridgehead atoms. The highest BCUT2D eigenvalue weighted by Gasteiger charge is 2.62. The number of benzene rings is 4. The van der Waals surface area contributed by atoms with Crippen LogP contribution in [0.2, 0.25) is 0 Å². The Balaban J connectivity index is 1.20. The molecule has 0 radical (unpaired) electrons. The second-order valence-electron chi connectivity index (χ2n) is 20.5. The fraction of sp³-hybridized carbons (Fsp3) is 0.400. The number of imide groups is 2. The average molecular weight is 1220 g/mol. The lowest BCUT2D eigenvalue weighted by Gasteiger charge is -2.50. The van der Waals surface area contributed by atoms with Crippen molar-refractivity contribution in [3.05, 3.63) is 143 Å². The molecule has 1 N–H and O–H groups in total. The summed E-state index contributed by atoms with van der Waals surface area (Å²) in [5.74, 6) is -12.1. The van der Waals surface area contributed by atoms with Gasteiger partial charge in [-0.3, -0.25) is 57.7 Å². The van der Waals surface area contributed by atoms with E-state index < -0.39 is 183 Å². The first-order valence-corrected chi connectivity index (χ1v) is 27.4. The summed E-state index contributed by atoms with van der Waals surface area (Å²) in [5, 5.41) is 12.3. The Morgan fingerprint density at radius 3 is 1.10 bits per heavy atom. The third kappa shape index (κ3) is 13.6. The summed E-state index contributed by atoms with van der Waals surface area (Å²) >= 11 is 0. The van der Waals surface area contributed by atoms with Crippen molar-refractivity contribution in [1.29, 1.82) is 0 Å². The van der Waals surface area contributed by atoms with Crippen molar-refractivity contribution in [2.24, 2.45) is 0 Å². The predicted octanol–water partition coefficient (Wildman–Crippen LogP) is 2.19. The summed E-state index contributed by atoms with van der Waals surface area (Å²) in [6.07, 6.45) is -25.9. The van der Waals surface area contributed by atoms with Crippen LogP contribution in [-0.4, -0.2) is 198 Å². The molecule has 3 fully saturated rings. The molecule has 0 saturated carbocycles. The number of carbonyl (C=O) groups is 12. The fourth-order valence-corrected chi connectivity index (χ4v) is 10.8. The van der Waals surface area contributed by atoms with E-state index in [0.29, 0.717) is 9.80 Å². The molecule has 0 aliphatic carbocycles. The lowest BCUT2D eigenvalue weighted by Crippen LogP contribution is -2.70. The van der Waals surface area contributed by atoms with E-state index in [1.54, 1.807) is 12.1 Å². The molecule has 3 saturated heterocycles. The van der Waals surface area contributed by atoms with Gasteiger partial charge < -0.3 is 66.7 Å². The molecular formula is C60H58N2O26. The molecule has 5 aliphatic heterocycles. The monoisotopic (exact) mass is 1220 g/mol. The molecule has 4 aromatic carbocycles. The van der Waals surface area contributed by atoms with Crippen molar-refractivity contribution in [2.45, 2.75) is 134 Å². The molecule has 28 nitrogen and oxygen atoms in total. The largest absolute Gasteiger partial charge is 0.463 e. The van der Waals surface area contributed by atoms with Gasteiger partial charge in [-0.25, -0.2) is 9.59 Å². The number of rotatable bonds is 19. The molecule has 5 aliphatic rings. The zero-order valence-electron chi connectivity index (χ0n) is 47.7. The van der Waals surface area contributed by atoms with Gasteiger partial charge in [-0.05, 0) is 48.5 Å². The average Bonchev–Trinajstić information content (AvgIpc) is 1.48. The van der Waals surface area contributed by atoms with Gasteiger partial charge in [0.1, 0.15) is 49.7 Å². The molecule has 15 atom stereocenters. The van der Waals surface area contributed by atoms with Gasteiger partial charge in [0, 0.05) is 41.5 Å². The van der Waals surface area contributed by atoms with Crippen LogP contribution in [0.1, 0.15) is 104 Å². The fourth-order valence-electron chi connectivity index (χ4n) is 10.8. The molecule has 464 valence electrons. The smallest absolute Gasteiger partial charge is 0.338 e. The van der Waals surface area contributed by atoms with Gasteiger partial charge in [0.15, 0.2) is 55.5 Å². The molecule has 4 amide bonds. The van der Waals surface area contributed by atoms with Gasteiger partial charge in [-0.1, -0.05) is 60.7 Å². The summed E-state index contributed by atoms with van der Waals surface area (Å²) in [6.45, 7) is 3.41. The molecule has 0 aromatic heterocycles. The number of esters is 8. The number of hydrogen-bond donors (Lipinski definition) is 1. The minimum atomic E-state index is -2.40. The van der Waals surface area contributed by atoms with E-state index in [4.69, 9.17) is 61.6 Å². The standard InChI is InChI=1S/C60H58N2O26/c1-28(63)76-25-41-45(79-30(3)65)48(81-32(5)67)43(61-52(69)36-21-13-14-22-37(36)53(61)70)59(84-41)78-27-40-47(86-56(73)34-17-9-7-10-18-34)50(51(58(75)83-40)87-57(74)35-19-11-8-12-20-35)88-60-44(62-54(71)38-23-15-16-24-39(38)55(62)72)49(82-33(6)68)46(80-31(4)66)42(85-60)26-77-29(2)64/h7-24,40-51,58-60,75H,25-27H2,1-6H3/t40-,41-,42-,43-,44-,45-,46-,47+,48-,49-,50+,51-,58-,59-,60+/m1/s1. The summed E-state index contributed by atoms with van der Waals surface area (Å²) in [5.41, 5.74) is -0.777. The molecule has 9 rings (SSSR count). The number of amides is 4. The zero-order valence-corrected chi connectivity index (χ0v) is 47.7. The second-order valence-corrected chi connectivity index (χ2v) is 20.5. The van der Waals surface area contributed by atoms with E-state index >= 15 is 0 Å². The van der Waals surface area contributed by atoms with Crippen LogP contribution in [0.4, 0.5) is 0 Å². The lowest BCUT2D eigenvalue weighted by atomic mass is 9.93. The van der Waals surface area contributed by atoms with E-state index in [-0.39, 0.29) is 33.4 Å². The van der Waals surface area contributed by atoms with Crippen molar-refractivity contribution >= 4 is 71.4 Å². The maximum absolute atomic E-state index is 14.7. The van der Waals surface area contributed by atoms with Crippen molar-refractivity contribution in [3.8, 4) is 0 Å². The number of carbonyl (C=O) groups excluding carboxylic acids is 12. The number of ether oxygens (including phenoxy) is 13. The summed E-state index contributed by atoms with van der Waals surface area (Å²) in [7, 11) is 0. The van der Waals surface area contributed by atoms with Gasteiger partial charge in [-0.2, -0.15) is 0 Å². The van der Waals surface area contributed by atoms with E-state index in [2.05, 4.69) is 0 Å². The topological polar surface area (TPSA) is 352 Å². The Labute approximate surface area is 499 Å². The number of nitrogens with zero attached hydrogens (tertiary/aromatic N) is 2.